The predicted octanol–water partition coefficient (Wildman–Crippen LogP) is 6.00. The topological polar surface area (TPSA) is 228 Å². The summed E-state index contributed by atoms with van der Waals surface area (Å²) in [5.41, 5.74) is -1.67. The van der Waals surface area contributed by atoms with Crippen LogP contribution in [0, 0.1) is 25.1 Å². The lowest BCUT2D eigenvalue weighted by Gasteiger charge is -2.13. The van der Waals surface area contributed by atoms with Gasteiger partial charge in [0.2, 0.25) is 0 Å². The van der Waals surface area contributed by atoms with Crippen LogP contribution in [0.5, 0.6) is 0 Å². The van der Waals surface area contributed by atoms with Gasteiger partial charge >= 0.3 is 17.9 Å². The van der Waals surface area contributed by atoms with Crippen molar-refractivity contribution >= 4 is 35.0 Å². The number of hydrogen-bond acceptors (Lipinski definition) is 9. The van der Waals surface area contributed by atoms with Gasteiger partial charge in [0, 0.05) is 12.1 Å². The van der Waals surface area contributed by atoms with Gasteiger partial charge < -0.3 is 15.3 Å². The molecule has 204 valence electrons. The van der Waals surface area contributed by atoms with E-state index in [-0.39, 0.29) is 33.5 Å². The molecule has 14 heteroatoms. The second-order valence-electron chi connectivity index (χ2n) is 8.52. The highest BCUT2D eigenvalue weighted by Gasteiger charge is 2.23. The van der Waals surface area contributed by atoms with Crippen molar-refractivity contribution in [2.45, 2.75) is 0 Å². The minimum atomic E-state index is -1.52. The fourth-order valence-corrected chi connectivity index (χ4v) is 4.18. The molecule has 0 atom stereocenters. The van der Waals surface area contributed by atoms with Gasteiger partial charge in [-0.2, -0.15) is 0 Å². The highest BCUT2D eigenvalue weighted by atomic mass is 16.6. The standard InChI is InChI=1S/C27H15N3O11/c31-25(32)19-4-1-13(10-22(19)28-37)16-7-17(14-2-5-20(26(33)34)23(11-14)29(38)39)9-18(8-16)15-3-6-21(27(35)36)24(12-15)30(40)41/h1-12H,(H,31,32)(H,33,34)(H,35,36). The smallest absolute Gasteiger partial charge is 0.342 e. The lowest BCUT2D eigenvalue weighted by molar-refractivity contribution is -0.385. The van der Waals surface area contributed by atoms with E-state index in [0.717, 1.165) is 30.3 Å². The van der Waals surface area contributed by atoms with E-state index in [0.29, 0.717) is 11.1 Å². The van der Waals surface area contributed by atoms with E-state index >= 15 is 0 Å². The first kappa shape index (κ1) is 27.7. The maximum Gasteiger partial charge on any atom is 0.342 e. The highest BCUT2D eigenvalue weighted by molar-refractivity contribution is 5.96. The Bertz CT molecular complexity index is 1720. The van der Waals surface area contributed by atoms with Crippen LogP contribution in [0.25, 0.3) is 33.4 Å². The molecule has 4 rings (SSSR count). The summed E-state index contributed by atoms with van der Waals surface area (Å²) in [5, 5.41) is 53.9. The molecular formula is C27H15N3O11. The van der Waals surface area contributed by atoms with Crippen molar-refractivity contribution in [3.8, 4) is 33.4 Å². The van der Waals surface area contributed by atoms with Crippen molar-refractivity contribution in [2.75, 3.05) is 0 Å². The Kier molecular flexibility index (Phi) is 7.31. The number of nitro benzene ring substituents is 2. The van der Waals surface area contributed by atoms with E-state index in [1.54, 1.807) is 0 Å². The Hall–Kier alpha value is -6.31. The molecule has 0 amide bonds. The van der Waals surface area contributed by atoms with Gasteiger partial charge in [-0.1, -0.05) is 18.2 Å². The molecule has 0 fully saturated rings. The largest absolute Gasteiger partial charge is 0.478 e. The van der Waals surface area contributed by atoms with Crippen LogP contribution in [0.2, 0.25) is 0 Å². The van der Waals surface area contributed by atoms with Crippen molar-refractivity contribution in [3.05, 3.63) is 115 Å². The van der Waals surface area contributed by atoms with Crippen molar-refractivity contribution < 1.29 is 39.5 Å². The second-order valence-corrected chi connectivity index (χ2v) is 8.52. The number of nitrogens with zero attached hydrogens (tertiary/aromatic N) is 3. The van der Waals surface area contributed by atoms with E-state index in [4.69, 9.17) is 0 Å². The van der Waals surface area contributed by atoms with Crippen LogP contribution in [0.4, 0.5) is 17.1 Å². The molecule has 14 nitrogen and oxygen atoms in total. The summed E-state index contributed by atoms with van der Waals surface area (Å²) < 4.78 is 0. The monoisotopic (exact) mass is 557 g/mol. The van der Waals surface area contributed by atoms with Crippen LogP contribution in [0.3, 0.4) is 0 Å². The molecule has 0 unspecified atom stereocenters. The number of carboxylic acids is 3. The molecule has 41 heavy (non-hydrogen) atoms. The molecule has 4 aromatic carbocycles. The van der Waals surface area contributed by atoms with Crippen LogP contribution in [0.15, 0.2) is 78.0 Å². The number of aromatic carboxylic acids is 3. The number of benzene rings is 4. The minimum absolute atomic E-state index is 0.192. The highest BCUT2D eigenvalue weighted by Crippen LogP contribution is 2.37. The number of nitro groups is 2. The third-order valence-corrected chi connectivity index (χ3v) is 6.11. The molecule has 0 saturated carbocycles. The molecule has 0 bridgehead atoms. The lowest BCUT2D eigenvalue weighted by atomic mass is 9.91. The summed E-state index contributed by atoms with van der Waals surface area (Å²) in [6, 6.07) is 15.1. The third kappa shape index (κ3) is 5.46. The average molecular weight is 557 g/mol. The molecule has 4 aromatic rings. The molecule has 0 radical (unpaired) electrons. The van der Waals surface area contributed by atoms with Crippen molar-refractivity contribution in [1.29, 1.82) is 0 Å². The fourth-order valence-electron chi connectivity index (χ4n) is 4.18. The van der Waals surface area contributed by atoms with E-state index in [9.17, 15) is 54.8 Å². The van der Waals surface area contributed by atoms with Gasteiger partial charge in [-0.15, -0.1) is 4.91 Å². The summed E-state index contributed by atoms with van der Waals surface area (Å²) >= 11 is 0. The van der Waals surface area contributed by atoms with Crippen LogP contribution in [-0.2, 0) is 0 Å². The van der Waals surface area contributed by atoms with Gasteiger partial charge in [0.15, 0.2) is 0 Å². The summed E-state index contributed by atoms with van der Waals surface area (Å²) in [6.45, 7) is 0. The molecule has 0 aliphatic carbocycles. The molecule has 0 aliphatic rings. The summed E-state index contributed by atoms with van der Waals surface area (Å²) in [6.07, 6.45) is 0. The Morgan fingerprint density at radius 2 is 0.878 bits per heavy atom. The van der Waals surface area contributed by atoms with E-state index in [2.05, 4.69) is 5.18 Å². The fraction of sp³-hybridized carbons (Fsp3) is 0. The van der Waals surface area contributed by atoms with Gasteiger partial charge in [-0.05, 0) is 81.0 Å². The first-order valence-corrected chi connectivity index (χ1v) is 11.3. The number of hydrogen-bond donors (Lipinski definition) is 3. The zero-order valence-corrected chi connectivity index (χ0v) is 20.4. The predicted molar refractivity (Wildman–Crippen MR) is 142 cm³/mol. The van der Waals surface area contributed by atoms with Crippen molar-refractivity contribution in [2.24, 2.45) is 5.18 Å². The zero-order chi connectivity index (χ0) is 30.0. The SMILES string of the molecule is O=Nc1cc(-c2cc(-c3ccc(C(=O)O)c([N+](=O)[O-])c3)cc(-c3ccc(C(=O)O)c([N+](=O)[O-])c3)c2)ccc1C(=O)O. The van der Waals surface area contributed by atoms with E-state index < -0.39 is 50.3 Å². The number of rotatable bonds is 9. The van der Waals surface area contributed by atoms with Gasteiger partial charge in [0.1, 0.15) is 16.8 Å². The molecule has 0 spiro atoms. The quantitative estimate of drug-likeness (QED) is 0.123. The Morgan fingerprint density at radius 3 is 1.20 bits per heavy atom. The second kappa shape index (κ2) is 10.8. The number of nitroso groups, excluding NO2 is 1. The van der Waals surface area contributed by atoms with Crippen LogP contribution >= 0.6 is 0 Å². The Labute approximate surface area is 228 Å². The van der Waals surface area contributed by atoms with Gasteiger partial charge in [0.05, 0.1) is 15.4 Å². The third-order valence-electron chi connectivity index (χ3n) is 6.11. The van der Waals surface area contributed by atoms with Crippen LogP contribution in [0.1, 0.15) is 31.1 Å². The molecule has 0 heterocycles. The van der Waals surface area contributed by atoms with Gasteiger partial charge in [-0.3, -0.25) is 20.2 Å². The summed E-state index contributed by atoms with van der Waals surface area (Å²) in [5.74, 6) is -4.43. The van der Waals surface area contributed by atoms with Crippen LogP contribution in [-0.4, -0.2) is 43.1 Å². The number of carbonyl (C=O) groups is 3. The molecule has 3 N–H and O–H groups in total. The Balaban J connectivity index is 2.01. The number of carboxylic acid groups (broad SMARTS) is 3. The lowest BCUT2D eigenvalue weighted by Crippen LogP contribution is -2.03. The van der Waals surface area contributed by atoms with Crippen molar-refractivity contribution in [1.82, 2.24) is 0 Å². The summed E-state index contributed by atoms with van der Waals surface area (Å²) in [4.78, 5) is 67.1. The van der Waals surface area contributed by atoms with Gasteiger partial charge in [-0.25, -0.2) is 14.4 Å². The molecule has 0 aromatic heterocycles. The van der Waals surface area contributed by atoms with Crippen LogP contribution < -0.4 is 0 Å². The Morgan fingerprint density at radius 1 is 0.537 bits per heavy atom. The average Bonchev–Trinajstić information content (AvgIpc) is 2.95. The molecular weight excluding hydrogens is 542 g/mol. The normalized spacial score (nSPS) is 10.5. The first-order chi connectivity index (χ1) is 19.4. The zero-order valence-electron chi connectivity index (χ0n) is 20.4. The molecule has 0 saturated heterocycles. The van der Waals surface area contributed by atoms with E-state index in [1.165, 1.54) is 42.5 Å². The first-order valence-electron chi connectivity index (χ1n) is 11.3. The summed E-state index contributed by atoms with van der Waals surface area (Å²) in [7, 11) is 0. The maximum atomic E-state index is 11.6. The maximum absolute atomic E-state index is 11.6. The van der Waals surface area contributed by atoms with Crippen molar-refractivity contribution in [3.63, 3.8) is 0 Å². The van der Waals surface area contributed by atoms with E-state index in [1.807, 2.05) is 0 Å². The van der Waals surface area contributed by atoms with Gasteiger partial charge in [0.25, 0.3) is 11.4 Å². The minimum Gasteiger partial charge on any atom is -0.478 e. The molecule has 0 aliphatic heterocycles.